The van der Waals surface area contributed by atoms with Crippen LogP contribution in [0.15, 0.2) is 24.3 Å². The van der Waals surface area contributed by atoms with E-state index in [2.05, 4.69) is 43.0 Å². The third-order valence-corrected chi connectivity index (χ3v) is 8.07. The van der Waals surface area contributed by atoms with E-state index in [1.807, 2.05) is 0 Å². The van der Waals surface area contributed by atoms with Crippen molar-refractivity contribution in [1.82, 2.24) is 0 Å². The minimum atomic E-state index is 0.767. The first-order valence-corrected chi connectivity index (χ1v) is 12.1. The van der Waals surface area contributed by atoms with Crippen molar-refractivity contribution in [1.29, 1.82) is 0 Å². The highest BCUT2D eigenvalue weighted by molar-refractivity contribution is 5.50. The quantitative estimate of drug-likeness (QED) is 0.527. The molecule has 0 radical (unpaired) electrons. The number of rotatable bonds is 4. The van der Waals surface area contributed by atoms with Crippen LogP contribution >= 0.6 is 0 Å². The van der Waals surface area contributed by atoms with Crippen LogP contribution in [0.2, 0.25) is 0 Å². The molecule has 150 valence electrons. The molecule has 1 aromatic carbocycles. The standard InChI is InChI=1S/C26H41N/c1-20-12-14-22(15-13-20)23-16-18-25(19-17-23)27(24-9-4-3-5-10-24)26-11-7-6-8-21(26)2/h16-22,24,26H,3-15H2,1-2H3. The Bertz CT molecular complexity index is 562. The van der Waals surface area contributed by atoms with Gasteiger partial charge in [0.15, 0.2) is 0 Å². The minimum Gasteiger partial charge on any atom is -0.365 e. The summed E-state index contributed by atoms with van der Waals surface area (Å²) in [5, 5.41) is 0. The molecule has 0 saturated heterocycles. The molecule has 0 bridgehead atoms. The molecular weight excluding hydrogens is 326 g/mol. The van der Waals surface area contributed by atoms with Crippen molar-refractivity contribution in [3.05, 3.63) is 29.8 Å². The molecule has 2 unspecified atom stereocenters. The molecule has 0 spiro atoms. The van der Waals surface area contributed by atoms with Crippen LogP contribution in [0.4, 0.5) is 5.69 Å². The Morgan fingerprint density at radius 2 is 1.30 bits per heavy atom. The highest BCUT2D eigenvalue weighted by Gasteiger charge is 2.33. The average Bonchev–Trinajstić information content (AvgIpc) is 2.72. The van der Waals surface area contributed by atoms with Crippen molar-refractivity contribution >= 4 is 5.69 Å². The Morgan fingerprint density at radius 1 is 0.667 bits per heavy atom. The lowest BCUT2D eigenvalue weighted by Gasteiger charge is -2.46. The Hall–Kier alpha value is -0.980. The van der Waals surface area contributed by atoms with Crippen LogP contribution in [-0.4, -0.2) is 12.1 Å². The summed E-state index contributed by atoms with van der Waals surface area (Å²) in [6, 6.07) is 11.5. The number of hydrogen-bond donors (Lipinski definition) is 0. The smallest absolute Gasteiger partial charge is 0.0371 e. The van der Waals surface area contributed by atoms with Crippen LogP contribution in [0.3, 0.4) is 0 Å². The Kier molecular flexibility index (Phi) is 6.46. The van der Waals surface area contributed by atoms with Gasteiger partial charge in [0, 0.05) is 17.8 Å². The highest BCUT2D eigenvalue weighted by atomic mass is 15.2. The van der Waals surface area contributed by atoms with Crippen LogP contribution in [0, 0.1) is 11.8 Å². The van der Waals surface area contributed by atoms with Crippen LogP contribution < -0.4 is 4.90 Å². The summed E-state index contributed by atoms with van der Waals surface area (Å²) in [4.78, 5) is 2.90. The molecule has 3 fully saturated rings. The molecule has 0 aliphatic heterocycles. The van der Waals surface area contributed by atoms with Gasteiger partial charge in [0.2, 0.25) is 0 Å². The first-order chi connectivity index (χ1) is 13.2. The first kappa shape index (κ1) is 19.3. The van der Waals surface area contributed by atoms with Crippen molar-refractivity contribution in [3.8, 4) is 0 Å². The molecular formula is C26H41N. The summed E-state index contributed by atoms with van der Waals surface area (Å²) >= 11 is 0. The topological polar surface area (TPSA) is 3.24 Å². The molecule has 1 nitrogen and oxygen atoms in total. The van der Waals surface area contributed by atoms with Gasteiger partial charge in [0.05, 0.1) is 0 Å². The third-order valence-electron chi connectivity index (χ3n) is 8.07. The summed E-state index contributed by atoms with van der Waals surface area (Å²) < 4.78 is 0. The second-order valence-corrected chi connectivity index (χ2v) is 10.1. The Balaban J connectivity index is 1.53. The van der Waals surface area contributed by atoms with Crippen molar-refractivity contribution < 1.29 is 0 Å². The van der Waals surface area contributed by atoms with Gasteiger partial charge >= 0.3 is 0 Å². The van der Waals surface area contributed by atoms with Gasteiger partial charge in [-0.1, -0.05) is 70.9 Å². The van der Waals surface area contributed by atoms with Gasteiger partial charge in [-0.3, -0.25) is 0 Å². The Labute approximate surface area is 167 Å². The first-order valence-electron chi connectivity index (χ1n) is 12.1. The van der Waals surface area contributed by atoms with Gasteiger partial charge in [-0.15, -0.1) is 0 Å². The molecule has 0 amide bonds. The van der Waals surface area contributed by atoms with Gasteiger partial charge in [-0.05, 0) is 74.0 Å². The van der Waals surface area contributed by atoms with E-state index >= 15 is 0 Å². The second kappa shape index (κ2) is 9.01. The SMILES string of the molecule is CC1CCC(c2ccc(N(C3CCCCC3)C3CCCCC3C)cc2)CC1. The molecule has 1 aromatic rings. The van der Waals surface area contributed by atoms with Gasteiger partial charge in [0.25, 0.3) is 0 Å². The maximum atomic E-state index is 2.90. The summed E-state index contributed by atoms with van der Waals surface area (Å²) in [5.41, 5.74) is 3.12. The monoisotopic (exact) mass is 367 g/mol. The van der Waals surface area contributed by atoms with Gasteiger partial charge in [-0.2, -0.15) is 0 Å². The van der Waals surface area contributed by atoms with Crippen molar-refractivity contribution in [3.63, 3.8) is 0 Å². The molecule has 3 aliphatic rings. The summed E-state index contributed by atoms with van der Waals surface area (Å²) in [5.74, 6) is 2.60. The summed E-state index contributed by atoms with van der Waals surface area (Å²) in [6.07, 6.45) is 18.4. The zero-order chi connectivity index (χ0) is 18.6. The largest absolute Gasteiger partial charge is 0.365 e. The molecule has 2 atom stereocenters. The maximum absolute atomic E-state index is 2.90. The molecule has 27 heavy (non-hydrogen) atoms. The van der Waals surface area contributed by atoms with Gasteiger partial charge < -0.3 is 4.90 Å². The Morgan fingerprint density at radius 3 is 1.96 bits per heavy atom. The van der Waals surface area contributed by atoms with E-state index in [0.717, 1.165) is 29.8 Å². The van der Waals surface area contributed by atoms with Crippen LogP contribution in [-0.2, 0) is 0 Å². The van der Waals surface area contributed by atoms with E-state index in [4.69, 9.17) is 0 Å². The fourth-order valence-corrected chi connectivity index (χ4v) is 6.25. The van der Waals surface area contributed by atoms with Gasteiger partial charge in [0.1, 0.15) is 0 Å². The molecule has 0 N–H and O–H groups in total. The van der Waals surface area contributed by atoms with Crippen molar-refractivity contribution in [2.75, 3.05) is 4.90 Å². The molecule has 1 heteroatoms. The predicted molar refractivity (Wildman–Crippen MR) is 118 cm³/mol. The van der Waals surface area contributed by atoms with Crippen LogP contribution in [0.25, 0.3) is 0 Å². The third kappa shape index (κ3) is 4.54. The van der Waals surface area contributed by atoms with E-state index in [1.165, 1.54) is 89.2 Å². The molecule has 0 heterocycles. The van der Waals surface area contributed by atoms with Crippen LogP contribution in [0.5, 0.6) is 0 Å². The van der Waals surface area contributed by atoms with E-state index < -0.39 is 0 Å². The van der Waals surface area contributed by atoms with E-state index in [-0.39, 0.29) is 0 Å². The highest BCUT2D eigenvalue weighted by Crippen LogP contribution is 2.39. The number of anilines is 1. The molecule has 3 saturated carbocycles. The van der Waals surface area contributed by atoms with E-state index in [1.54, 1.807) is 5.56 Å². The second-order valence-electron chi connectivity index (χ2n) is 10.1. The zero-order valence-corrected chi connectivity index (χ0v) is 17.8. The van der Waals surface area contributed by atoms with Gasteiger partial charge in [-0.25, -0.2) is 0 Å². The normalized spacial score (nSPS) is 33.0. The maximum Gasteiger partial charge on any atom is 0.0371 e. The van der Waals surface area contributed by atoms with E-state index in [0.29, 0.717) is 0 Å². The lowest BCUT2D eigenvalue weighted by atomic mass is 9.79. The summed E-state index contributed by atoms with van der Waals surface area (Å²) in [7, 11) is 0. The molecule has 3 aliphatic carbocycles. The zero-order valence-electron chi connectivity index (χ0n) is 17.8. The number of nitrogens with zero attached hydrogens (tertiary/aromatic N) is 1. The molecule has 0 aromatic heterocycles. The lowest BCUT2D eigenvalue weighted by Crippen LogP contribution is -2.48. The predicted octanol–water partition coefficient (Wildman–Crippen LogP) is 7.70. The minimum absolute atomic E-state index is 0.767. The number of benzene rings is 1. The van der Waals surface area contributed by atoms with Crippen molar-refractivity contribution in [2.45, 2.75) is 115 Å². The fraction of sp³-hybridized carbons (Fsp3) is 0.769. The fourth-order valence-electron chi connectivity index (χ4n) is 6.25. The van der Waals surface area contributed by atoms with Crippen LogP contribution in [0.1, 0.15) is 109 Å². The van der Waals surface area contributed by atoms with E-state index in [9.17, 15) is 0 Å². The van der Waals surface area contributed by atoms with Crippen molar-refractivity contribution in [2.24, 2.45) is 11.8 Å². The summed E-state index contributed by atoms with van der Waals surface area (Å²) in [6.45, 7) is 4.93. The average molecular weight is 368 g/mol. The number of hydrogen-bond acceptors (Lipinski definition) is 1. The lowest BCUT2D eigenvalue weighted by molar-refractivity contribution is 0.276. The molecule has 4 rings (SSSR count).